The van der Waals surface area contributed by atoms with E-state index in [-0.39, 0.29) is 6.04 Å². The van der Waals surface area contributed by atoms with Crippen LogP contribution in [0.1, 0.15) is 17.2 Å². The highest BCUT2D eigenvalue weighted by Gasteiger charge is 2.10. The standard InChI is InChI=1S/C17H15BrN2/c18-13-8-6-12(7-9-13)11-16(19)14-3-1-5-17-15(14)4-2-10-20-17/h1-10,16H,11,19H2. The molecule has 0 saturated carbocycles. The summed E-state index contributed by atoms with van der Waals surface area (Å²) in [5.41, 5.74) is 9.78. The van der Waals surface area contributed by atoms with E-state index in [1.807, 2.05) is 36.5 Å². The molecule has 2 nitrogen and oxygen atoms in total. The van der Waals surface area contributed by atoms with Crippen LogP contribution < -0.4 is 5.73 Å². The minimum absolute atomic E-state index is 0.0240. The van der Waals surface area contributed by atoms with Crippen molar-refractivity contribution in [2.45, 2.75) is 12.5 Å². The van der Waals surface area contributed by atoms with Gasteiger partial charge < -0.3 is 5.73 Å². The van der Waals surface area contributed by atoms with Gasteiger partial charge in [-0.3, -0.25) is 4.98 Å². The summed E-state index contributed by atoms with van der Waals surface area (Å²) in [6.45, 7) is 0. The number of fused-ring (bicyclic) bond motifs is 1. The second-order valence-corrected chi connectivity index (χ2v) is 5.77. The van der Waals surface area contributed by atoms with Gasteiger partial charge in [-0.1, -0.05) is 46.3 Å². The second-order valence-electron chi connectivity index (χ2n) is 4.85. The van der Waals surface area contributed by atoms with E-state index < -0.39 is 0 Å². The summed E-state index contributed by atoms with van der Waals surface area (Å²) >= 11 is 3.45. The first kappa shape index (κ1) is 13.3. The molecule has 100 valence electrons. The fourth-order valence-corrected chi connectivity index (χ4v) is 2.70. The highest BCUT2D eigenvalue weighted by atomic mass is 79.9. The van der Waals surface area contributed by atoms with E-state index in [0.717, 1.165) is 27.4 Å². The van der Waals surface area contributed by atoms with Crippen LogP contribution in [0.5, 0.6) is 0 Å². The summed E-state index contributed by atoms with van der Waals surface area (Å²) in [6, 6.07) is 18.5. The first-order chi connectivity index (χ1) is 9.74. The Labute approximate surface area is 126 Å². The van der Waals surface area contributed by atoms with Crippen molar-refractivity contribution in [3.8, 4) is 0 Å². The molecule has 0 radical (unpaired) electrons. The molecule has 2 N–H and O–H groups in total. The Hall–Kier alpha value is -1.71. The number of hydrogen-bond acceptors (Lipinski definition) is 2. The first-order valence-electron chi connectivity index (χ1n) is 6.58. The van der Waals surface area contributed by atoms with Crippen LogP contribution in [-0.4, -0.2) is 4.98 Å². The Morgan fingerprint density at radius 1 is 1.00 bits per heavy atom. The van der Waals surface area contributed by atoms with E-state index >= 15 is 0 Å². The third-order valence-corrected chi connectivity index (χ3v) is 3.98. The van der Waals surface area contributed by atoms with Crippen LogP contribution in [0.4, 0.5) is 0 Å². The summed E-state index contributed by atoms with van der Waals surface area (Å²) in [7, 11) is 0. The van der Waals surface area contributed by atoms with Crippen molar-refractivity contribution in [2.24, 2.45) is 5.73 Å². The zero-order chi connectivity index (χ0) is 13.9. The Morgan fingerprint density at radius 2 is 1.80 bits per heavy atom. The molecule has 1 aromatic heterocycles. The fourth-order valence-electron chi connectivity index (χ4n) is 2.43. The minimum atomic E-state index is -0.0240. The molecule has 1 heterocycles. The summed E-state index contributed by atoms with van der Waals surface area (Å²) in [4.78, 5) is 4.38. The van der Waals surface area contributed by atoms with E-state index in [9.17, 15) is 0 Å². The largest absolute Gasteiger partial charge is 0.324 e. The molecule has 1 unspecified atom stereocenters. The fraction of sp³-hybridized carbons (Fsp3) is 0.118. The lowest BCUT2D eigenvalue weighted by molar-refractivity contribution is 0.728. The molecular formula is C17H15BrN2. The van der Waals surface area contributed by atoms with E-state index in [0.29, 0.717) is 0 Å². The molecule has 0 amide bonds. The predicted octanol–water partition coefficient (Wildman–Crippen LogP) is 4.24. The van der Waals surface area contributed by atoms with Gasteiger partial charge in [-0.25, -0.2) is 0 Å². The van der Waals surface area contributed by atoms with Crippen LogP contribution in [-0.2, 0) is 6.42 Å². The van der Waals surface area contributed by atoms with Crippen LogP contribution in [0.25, 0.3) is 10.9 Å². The van der Waals surface area contributed by atoms with E-state index in [4.69, 9.17) is 5.73 Å². The van der Waals surface area contributed by atoms with Gasteiger partial charge in [0.2, 0.25) is 0 Å². The Morgan fingerprint density at radius 3 is 2.60 bits per heavy atom. The molecule has 1 atom stereocenters. The van der Waals surface area contributed by atoms with Crippen LogP contribution in [0.2, 0.25) is 0 Å². The third-order valence-electron chi connectivity index (χ3n) is 3.45. The zero-order valence-corrected chi connectivity index (χ0v) is 12.5. The van der Waals surface area contributed by atoms with Crippen molar-refractivity contribution in [2.75, 3.05) is 0 Å². The molecule has 0 fully saturated rings. The number of pyridine rings is 1. The normalized spacial score (nSPS) is 12.5. The molecule has 0 spiro atoms. The molecule has 2 aromatic carbocycles. The number of rotatable bonds is 3. The molecule has 20 heavy (non-hydrogen) atoms. The van der Waals surface area contributed by atoms with Crippen LogP contribution in [0.15, 0.2) is 65.3 Å². The Balaban J connectivity index is 1.92. The lowest BCUT2D eigenvalue weighted by Crippen LogP contribution is -2.13. The molecule has 3 heteroatoms. The second kappa shape index (κ2) is 5.73. The highest BCUT2D eigenvalue weighted by molar-refractivity contribution is 9.10. The summed E-state index contributed by atoms with van der Waals surface area (Å²) in [6.07, 6.45) is 2.63. The summed E-state index contributed by atoms with van der Waals surface area (Å²) in [5, 5.41) is 1.14. The van der Waals surface area contributed by atoms with Crippen LogP contribution >= 0.6 is 15.9 Å². The maximum Gasteiger partial charge on any atom is 0.0705 e. The molecule has 0 aliphatic rings. The van der Waals surface area contributed by atoms with Gasteiger partial charge in [0.15, 0.2) is 0 Å². The van der Waals surface area contributed by atoms with Crippen LogP contribution in [0, 0.1) is 0 Å². The van der Waals surface area contributed by atoms with Crippen molar-refractivity contribution in [3.63, 3.8) is 0 Å². The zero-order valence-electron chi connectivity index (χ0n) is 11.0. The highest BCUT2D eigenvalue weighted by Crippen LogP contribution is 2.24. The van der Waals surface area contributed by atoms with Gasteiger partial charge in [0.25, 0.3) is 0 Å². The maximum atomic E-state index is 6.39. The van der Waals surface area contributed by atoms with Gasteiger partial charge in [-0.05, 0) is 41.8 Å². The van der Waals surface area contributed by atoms with Gasteiger partial charge in [-0.2, -0.15) is 0 Å². The first-order valence-corrected chi connectivity index (χ1v) is 7.37. The minimum Gasteiger partial charge on any atom is -0.324 e. The molecular weight excluding hydrogens is 312 g/mol. The van der Waals surface area contributed by atoms with Crippen molar-refractivity contribution in [1.29, 1.82) is 0 Å². The monoisotopic (exact) mass is 326 g/mol. The van der Waals surface area contributed by atoms with E-state index in [1.54, 1.807) is 0 Å². The number of hydrogen-bond donors (Lipinski definition) is 1. The van der Waals surface area contributed by atoms with Gasteiger partial charge in [0.05, 0.1) is 5.52 Å². The quantitative estimate of drug-likeness (QED) is 0.781. The topological polar surface area (TPSA) is 38.9 Å². The molecule has 0 saturated heterocycles. The smallest absolute Gasteiger partial charge is 0.0705 e. The predicted molar refractivity (Wildman–Crippen MR) is 86.5 cm³/mol. The number of benzene rings is 2. The van der Waals surface area contributed by atoms with Crippen molar-refractivity contribution >= 4 is 26.8 Å². The van der Waals surface area contributed by atoms with E-state index in [1.165, 1.54) is 5.56 Å². The van der Waals surface area contributed by atoms with E-state index in [2.05, 4.69) is 45.2 Å². The summed E-state index contributed by atoms with van der Waals surface area (Å²) < 4.78 is 1.09. The number of nitrogens with two attached hydrogens (primary N) is 1. The number of nitrogens with zero attached hydrogens (tertiary/aromatic N) is 1. The average molecular weight is 327 g/mol. The third kappa shape index (κ3) is 2.74. The molecule has 3 aromatic rings. The molecule has 3 rings (SSSR count). The van der Waals surface area contributed by atoms with Crippen LogP contribution in [0.3, 0.4) is 0 Å². The van der Waals surface area contributed by atoms with Crippen molar-refractivity contribution in [1.82, 2.24) is 4.98 Å². The molecule has 0 bridgehead atoms. The van der Waals surface area contributed by atoms with Gasteiger partial charge in [-0.15, -0.1) is 0 Å². The Bertz CT molecular complexity index is 717. The lowest BCUT2D eigenvalue weighted by atomic mass is 9.96. The number of aromatic nitrogens is 1. The maximum absolute atomic E-state index is 6.39. The average Bonchev–Trinajstić information content (AvgIpc) is 2.49. The van der Waals surface area contributed by atoms with Crippen molar-refractivity contribution < 1.29 is 0 Å². The Kier molecular flexibility index (Phi) is 3.81. The molecule has 0 aliphatic heterocycles. The van der Waals surface area contributed by atoms with Gasteiger partial charge in [0.1, 0.15) is 0 Å². The SMILES string of the molecule is NC(Cc1ccc(Br)cc1)c1cccc2ncccc12. The van der Waals surface area contributed by atoms with Gasteiger partial charge in [0, 0.05) is 22.1 Å². The number of halogens is 1. The lowest BCUT2D eigenvalue weighted by Gasteiger charge is -2.14. The van der Waals surface area contributed by atoms with Gasteiger partial charge >= 0.3 is 0 Å². The summed E-state index contributed by atoms with van der Waals surface area (Å²) in [5.74, 6) is 0. The van der Waals surface area contributed by atoms with Crippen molar-refractivity contribution in [3.05, 3.63) is 76.4 Å². The molecule has 0 aliphatic carbocycles.